The first-order chi connectivity index (χ1) is 14.2. The SMILES string of the molecule is O=C(Cc1ccc(F)cc1)Nc1ccc(N2CCN(c3ccccn3)CC2)nc1. The summed E-state index contributed by atoms with van der Waals surface area (Å²) in [7, 11) is 0. The molecular weight excluding hydrogens is 369 g/mol. The standard InChI is InChI=1S/C22H22FN5O/c23-18-6-4-17(5-7-18)15-22(29)26-19-8-9-21(25-16-19)28-13-11-27(12-14-28)20-3-1-2-10-24-20/h1-10,16H,11-15H2,(H,26,29). The van der Waals surface area contributed by atoms with E-state index in [0.29, 0.717) is 5.69 Å². The van der Waals surface area contributed by atoms with Gasteiger partial charge in [0.25, 0.3) is 0 Å². The van der Waals surface area contributed by atoms with E-state index >= 15 is 0 Å². The Morgan fingerprint density at radius 3 is 2.17 bits per heavy atom. The number of rotatable bonds is 5. The van der Waals surface area contributed by atoms with E-state index in [1.54, 1.807) is 18.3 Å². The molecule has 2 aromatic heterocycles. The van der Waals surface area contributed by atoms with Crippen molar-refractivity contribution in [3.63, 3.8) is 0 Å². The monoisotopic (exact) mass is 391 g/mol. The number of pyridine rings is 2. The summed E-state index contributed by atoms with van der Waals surface area (Å²) in [6, 6.07) is 15.7. The van der Waals surface area contributed by atoms with Crippen molar-refractivity contribution in [1.82, 2.24) is 9.97 Å². The molecule has 29 heavy (non-hydrogen) atoms. The van der Waals surface area contributed by atoms with Crippen LogP contribution in [0.2, 0.25) is 0 Å². The summed E-state index contributed by atoms with van der Waals surface area (Å²) in [5, 5.41) is 2.83. The van der Waals surface area contributed by atoms with Gasteiger partial charge in [0.2, 0.25) is 5.91 Å². The number of halogens is 1. The predicted octanol–water partition coefficient (Wildman–Crippen LogP) is 3.12. The highest BCUT2D eigenvalue weighted by Gasteiger charge is 2.18. The summed E-state index contributed by atoms with van der Waals surface area (Å²) in [4.78, 5) is 25.6. The second-order valence-electron chi connectivity index (χ2n) is 6.92. The molecule has 0 radical (unpaired) electrons. The first kappa shape index (κ1) is 18.9. The fraction of sp³-hybridized carbons (Fsp3) is 0.227. The number of hydrogen-bond donors (Lipinski definition) is 1. The largest absolute Gasteiger partial charge is 0.353 e. The molecule has 0 bridgehead atoms. The maximum Gasteiger partial charge on any atom is 0.228 e. The number of piperazine rings is 1. The van der Waals surface area contributed by atoms with Crippen molar-refractivity contribution in [3.05, 3.63) is 78.4 Å². The summed E-state index contributed by atoms with van der Waals surface area (Å²) in [5.41, 5.74) is 1.41. The van der Waals surface area contributed by atoms with Crippen LogP contribution in [-0.4, -0.2) is 42.1 Å². The average Bonchev–Trinajstić information content (AvgIpc) is 2.77. The summed E-state index contributed by atoms with van der Waals surface area (Å²) in [6.45, 7) is 3.49. The highest BCUT2D eigenvalue weighted by Crippen LogP contribution is 2.19. The Morgan fingerprint density at radius 1 is 0.897 bits per heavy atom. The number of carbonyl (C=O) groups excluding carboxylic acids is 1. The molecule has 4 rings (SSSR count). The van der Waals surface area contributed by atoms with E-state index < -0.39 is 0 Å². The van der Waals surface area contributed by atoms with Crippen LogP contribution in [-0.2, 0) is 11.2 Å². The lowest BCUT2D eigenvalue weighted by Crippen LogP contribution is -2.47. The maximum absolute atomic E-state index is 13.0. The molecule has 6 nitrogen and oxygen atoms in total. The van der Waals surface area contributed by atoms with Crippen LogP contribution in [0.15, 0.2) is 67.0 Å². The van der Waals surface area contributed by atoms with Gasteiger partial charge in [-0.15, -0.1) is 0 Å². The smallest absolute Gasteiger partial charge is 0.228 e. The van der Waals surface area contributed by atoms with E-state index in [1.807, 2.05) is 36.5 Å². The van der Waals surface area contributed by atoms with Gasteiger partial charge in [-0.05, 0) is 42.0 Å². The topological polar surface area (TPSA) is 61.4 Å². The zero-order chi connectivity index (χ0) is 20.1. The molecule has 3 aromatic rings. The van der Waals surface area contributed by atoms with Gasteiger partial charge in [-0.3, -0.25) is 4.79 Å². The van der Waals surface area contributed by atoms with Crippen LogP contribution in [0.3, 0.4) is 0 Å². The number of anilines is 3. The van der Waals surface area contributed by atoms with Crippen molar-refractivity contribution in [2.24, 2.45) is 0 Å². The van der Waals surface area contributed by atoms with Gasteiger partial charge in [-0.25, -0.2) is 14.4 Å². The molecule has 3 heterocycles. The third-order valence-electron chi connectivity index (χ3n) is 4.89. The van der Waals surface area contributed by atoms with E-state index in [-0.39, 0.29) is 18.1 Å². The van der Waals surface area contributed by atoms with Gasteiger partial charge in [0.05, 0.1) is 18.3 Å². The first-order valence-electron chi connectivity index (χ1n) is 9.59. The van der Waals surface area contributed by atoms with E-state index in [9.17, 15) is 9.18 Å². The molecule has 0 atom stereocenters. The molecule has 1 saturated heterocycles. The number of aromatic nitrogens is 2. The quantitative estimate of drug-likeness (QED) is 0.724. The zero-order valence-corrected chi connectivity index (χ0v) is 16.0. The minimum atomic E-state index is -0.310. The fourth-order valence-corrected chi connectivity index (χ4v) is 3.35. The second kappa shape index (κ2) is 8.68. The van der Waals surface area contributed by atoms with Crippen molar-refractivity contribution in [2.45, 2.75) is 6.42 Å². The molecule has 0 spiro atoms. The number of carbonyl (C=O) groups is 1. The van der Waals surface area contributed by atoms with Gasteiger partial charge >= 0.3 is 0 Å². The molecule has 0 aliphatic carbocycles. The van der Waals surface area contributed by atoms with Gasteiger partial charge in [-0.2, -0.15) is 0 Å². The Kier molecular flexibility index (Phi) is 5.65. The van der Waals surface area contributed by atoms with Crippen molar-refractivity contribution < 1.29 is 9.18 Å². The highest BCUT2D eigenvalue weighted by molar-refractivity contribution is 5.92. The van der Waals surface area contributed by atoms with Gasteiger partial charge in [0, 0.05) is 32.4 Å². The third-order valence-corrected chi connectivity index (χ3v) is 4.89. The van der Waals surface area contributed by atoms with Gasteiger partial charge in [0.15, 0.2) is 0 Å². The van der Waals surface area contributed by atoms with Crippen LogP contribution in [0.1, 0.15) is 5.56 Å². The summed E-state index contributed by atoms with van der Waals surface area (Å²) in [5.74, 6) is 1.42. The predicted molar refractivity (Wildman–Crippen MR) is 112 cm³/mol. The number of amides is 1. The first-order valence-corrected chi connectivity index (χ1v) is 9.59. The zero-order valence-electron chi connectivity index (χ0n) is 16.0. The second-order valence-corrected chi connectivity index (χ2v) is 6.92. The van der Waals surface area contributed by atoms with Crippen LogP contribution in [0.25, 0.3) is 0 Å². The van der Waals surface area contributed by atoms with Gasteiger partial charge < -0.3 is 15.1 Å². The van der Waals surface area contributed by atoms with E-state index in [4.69, 9.17) is 0 Å². The molecule has 1 N–H and O–H groups in total. The summed E-state index contributed by atoms with van der Waals surface area (Å²) < 4.78 is 13.0. The number of nitrogens with one attached hydrogen (secondary N) is 1. The summed E-state index contributed by atoms with van der Waals surface area (Å²) in [6.07, 6.45) is 3.67. The maximum atomic E-state index is 13.0. The van der Waals surface area contributed by atoms with Crippen molar-refractivity contribution in [1.29, 1.82) is 0 Å². The van der Waals surface area contributed by atoms with Crippen LogP contribution >= 0.6 is 0 Å². The van der Waals surface area contributed by atoms with Crippen molar-refractivity contribution in [3.8, 4) is 0 Å². The molecule has 1 aliphatic heterocycles. The highest BCUT2D eigenvalue weighted by atomic mass is 19.1. The van der Waals surface area contributed by atoms with E-state index in [2.05, 4.69) is 25.1 Å². The lowest BCUT2D eigenvalue weighted by Gasteiger charge is -2.36. The lowest BCUT2D eigenvalue weighted by atomic mass is 10.1. The Morgan fingerprint density at radius 2 is 1.59 bits per heavy atom. The van der Waals surface area contributed by atoms with Crippen molar-refractivity contribution >= 4 is 23.2 Å². The number of nitrogens with zero attached hydrogens (tertiary/aromatic N) is 4. The Labute approximate surface area is 169 Å². The molecule has 1 aliphatic rings. The lowest BCUT2D eigenvalue weighted by molar-refractivity contribution is -0.115. The minimum absolute atomic E-state index is 0.157. The molecule has 1 fully saturated rings. The number of hydrogen-bond acceptors (Lipinski definition) is 5. The average molecular weight is 391 g/mol. The molecule has 1 aromatic carbocycles. The molecule has 0 saturated carbocycles. The molecule has 148 valence electrons. The van der Waals surface area contributed by atoms with Gasteiger partial charge in [0.1, 0.15) is 17.5 Å². The Hall–Kier alpha value is -3.48. The summed E-state index contributed by atoms with van der Waals surface area (Å²) >= 11 is 0. The fourth-order valence-electron chi connectivity index (χ4n) is 3.35. The number of benzene rings is 1. The van der Waals surface area contributed by atoms with Crippen LogP contribution in [0.4, 0.5) is 21.7 Å². The van der Waals surface area contributed by atoms with Crippen molar-refractivity contribution in [2.75, 3.05) is 41.3 Å². The van der Waals surface area contributed by atoms with Crippen LogP contribution in [0.5, 0.6) is 0 Å². The van der Waals surface area contributed by atoms with E-state index in [0.717, 1.165) is 43.4 Å². The molecule has 0 unspecified atom stereocenters. The minimum Gasteiger partial charge on any atom is -0.353 e. The third kappa shape index (κ3) is 4.87. The van der Waals surface area contributed by atoms with Gasteiger partial charge in [-0.1, -0.05) is 18.2 Å². The van der Waals surface area contributed by atoms with Crippen LogP contribution in [0, 0.1) is 5.82 Å². The Bertz CT molecular complexity index is 939. The van der Waals surface area contributed by atoms with Crippen LogP contribution < -0.4 is 15.1 Å². The molecular formula is C22H22FN5O. The normalized spacial score (nSPS) is 14.0. The molecule has 7 heteroatoms. The Balaban J connectivity index is 1.30. The molecule has 1 amide bonds. The van der Waals surface area contributed by atoms with E-state index in [1.165, 1.54) is 12.1 Å².